The Hall–Kier alpha value is -3.16. The van der Waals surface area contributed by atoms with Crippen molar-refractivity contribution in [3.05, 3.63) is 57.0 Å². The van der Waals surface area contributed by atoms with Crippen LogP contribution in [0.1, 0.15) is 17.3 Å². The zero-order valence-corrected chi connectivity index (χ0v) is 14.2. The van der Waals surface area contributed by atoms with Crippen LogP contribution in [0.4, 0.5) is 0 Å². The van der Waals surface area contributed by atoms with Crippen LogP contribution < -0.4 is 16.0 Å². The molecule has 130 valence electrons. The number of hydrogen-bond donors (Lipinski definition) is 0. The normalized spacial score (nSPS) is 11.0. The van der Waals surface area contributed by atoms with E-state index in [0.29, 0.717) is 17.9 Å². The van der Waals surface area contributed by atoms with Crippen LogP contribution in [0.2, 0.25) is 0 Å². The minimum absolute atomic E-state index is 0.0437. The Morgan fingerprint density at radius 3 is 2.44 bits per heavy atom. The van der Waals surface area contributed by atoms with Crippen molar-refractivity contribution >= 4 is 16.9 Å². The van der Waals surface area contributed by atoms with Crippen LogP contribution in [-0.4, -0.2) is 31.1 Å². The molecule has 0 aliphatic rings. The maximum atomic E-state index is 12.5. The predicted molar refractivity (Wildman–Crippen MR) is 92.2 cm³/mol. The highest BCUT2D eigenvalue weighted by Crippen LogP contribution is 2.14. The fraction of sp³-hybridized carbons (Fsp3) is 0.294. The number of ketones is 1. The Morgan fingerprint density at radius 1 is 1.12 bits per heavy atom. The van der Waals surface area contributed by atoms with Crippen molar-refractivity contribution in [1.29, 1.82) is 0 Å². The van der Waals surface area contributed by atoms with Gasteiger partial charge in [-0.25, -0.2) is 9.78 Å². The van der Waals surface area contributed by atoms with E-state index in [1.807, 2.05) is 6.92 Å². The van der Waals surface area contributed by atoms with E-state index in [2.05, 4.69) is 4.98 Å². The largest absolute Gasteiger partial charge is 0.494 e. The molecule has 2 aromatic heterocycles. The summed E-state index contributed by atoms with van der Waals surface area (Å²) in [6.07, 6.45) is 1.40. The molecule has 8 heteroatoms. The number of Topliss-reactive ketones (excluding diaryl/α,β-unsaturated/α-hetero) is 1. The Labute approximate surface area is 142 Å². The van der Waals surface area contributed by atoms with Gasteiger partial charge in [0.2, 0.25) is 0 Å². The zero-order valence-electron chi connectivity index (χ0n) is 14.2. The van der Waals surface area contributed by atoms with E-state index in [1.165, 1.54) is 29.6 Å². The highest BCUT2D eigenvalue weighted by atomic mass is 16.5. The van der Waals surface area contributed by atoms with E-state index in [-0.39, 0.29) is 23.5 Å². The summed E-state index contributed by atoms with van der Waals surface area (Å²) in [4.78, 5) is 40.9. The van der Waals surface area contributed by atoms with Crippen LogP contribution in [0.3, 0.4) is 0 Å². The van der Waals surface area contributed by atoms with E-state index in [1.54, 1.807) is 24.3 Å². The summed E-state index contributed by atoms with van der Waals surface area (Å²) in [5.74, 6) is 0.522. The standard InChI is InChI=1S/C17H18N4O4/c1-4-25-12-7-5-11(6-8-12)13(22)9-21-10-18-15-14(21)16(23)20(3)17(24)19(15)2/h5-8,10H,4,9H2,1-3H3. The lowest BCUT2D eigenvalue weighted by Gasteiger charge is -2.07. The number of ether oxygens (including phenoxy) is 1. The van der Waals surface area contributed by atoms with Crippen molar-refractivity contribution < 1.29 is 9.53 Å². The summed E-state index contributed by atoms with van der Waals surface area (Å²) < 4.78 is 9.11. The van der Waals surface area contributed by atoms with E-state index in [0.717, 1.165) is 4.57 Å². The summed E-state index contributed by atoms with van der Waals surface area (Å²) in [6.45, 7) is 2.39. The number of rotatable bonds is 5. The van der Waals surface area contributed by atoms with Gasteiger partial charge in [-0.15, -0.1) is 0 Å². The Bertz CT molecular complexity index is 1060. The van der Waals surface area contributed by atoms with Gasteiger partial charge in [0, 0.05) is 19.7 Å². The predicted octanol–water partition coefficient (Wildman–Crippen LogP) is 0.715. The van der Waals surface area contributed by atoms with E-state index in [9.17, 15) is 14.4 Å². The number of benzene rings is 1. The molecule has 0 atom stereocenters. The number of carbonyl (C=O) groups excluding carboxylic acids is 1. The van der Waals surface area contributed by atoms with Gasteiger partial charge in [-0.1, -0.05) is 0 Å². The Kier molecular flexibility index (Phi) is 4.26. The first-order chi connectivity index (χ1) is 11.9. The summed E-state index contributed by atoms with van der Waals surface area (Å²) in [5, 5.41) is 0. The Balaban J connectivity index is 1.97. The maximum Gasteiger partial charge on any atom is 0.332 e. The average Bonchev–Trinajstić information content (AvgIpc) is 3.02. The molecule has 0 spiro atoms. The summed E-state index contributed by atoms with van der Waals surface area (Å²) in [5.41, 5.74) is 0.0547. The molecule has 0 amide bonds. The van der Waals surface area contributed by atoms with Gasteiger partial charge in [-0.3, -0.25) is 18.7 Å². The molecule has 0 N–H and O–H groups in total. The first-order valence-electron chi connectivity index (χ1n) is 7.81. The molecule has 0 saturated carbocycles. The highest BCUT2D eigenvalue weighted by molar-refractivity contribution is 5.96. The first-order valence-corrected chi connectivity index (χ1v) is 7.81. The molecule has 8 nitrogen and oxygen atoms in total. The van der Waals surface area contributed by atoms with Crippen molar-refractivity contribution in [2.45, 2.75) is 13.5 Å². The number of nitrogens with zero attached hydrogens (tertiary/aromatic N) is 4. The monoisotopic (exact) mass is 342 g/mol. The SMILES string of the molecule is CCOc1ccc(C(=O)Cn2cnc3c2c(=O)n(C)c(=O)n3C)cc1. The van der Waals surface area contributed by atoms with Gasteiger partial charge in [-0.2, -0.15) is 0 Å². The number of fused-ring (bicyclic) bond motifs is 1. The topological polar surface area (TPSA) is 88.1 Å². The molecule has 0 unspecified atom stereocenters. The number of imidazole rings is 1. The molecule has 0 aliphatic heterocycles. The molecular weight excluding hydrogens is 324 g/mol. The lowest BCUT2D eigenvalue weighted by molar-refractivity contribution is 0.0973. The average molecular weight is 342 g/mol. The van der Waals surface area contributed by atoms with Crippen LogP contribution >= 0.6 is 0 Å². The first kappa shape index (κ1) is 16.7. The molecule has 0 fully saturated rings. The van der Waals surface area contributed by atoms with E-state index in [4.69, 9.17) is 4.74 Å². The van der Waals surface area contributed by atoms with Crippen LogP contribution in [0.15, 0.2) is 40.2 Å². The molecular formula is C17H18N4O4. The minimum atomic E-state index is -0.477. The van der Waals surface area contributed by atoms with Crippen LogP contribution in [0.5, 0.6) is 5.75 Å². The summed E-state index contributed by atoms with van der Waals surface area (Å²) >= 11 is 0. The number of carbonyl (C=O) groups is 1. The summed E-state index contributed by atoms with van der Waals surface area (Å²) in [7, 11) is 2.94. The fourth-order valence-electron chi connectivity index (χ4n) is 2.67. The van der Waals surface area contributed by atoms with Gasteiger partial charge in [-0.05, 0) is 31.2 Å². The number of aryl methyl sites for hydroxylation is 1. The smallest absolute Gasteiger partial charge is 0.332 e. The molecule has 3 rings (SSSR count). The van der Waals surface area contributed by atoms with Crippen LogP contribution in [-0.2, 0) is 20.6 Å². The van der Waals surface area contributed by atoms with E-state index >= 15 is 0 Å². The molecule has 0 saturated heterocycles. The van der Waals surface area contributed by atoms with Crippen LogP contribution in [0.25, 0.3) is 11.2 Å². The molecule has 0 radical (unpaired) electrons. The van der Waals surface area contributed by atoms with Gasteiger partial charge < -0.3 is 9.30 Å². The van der Waals surface area contributed by atoms with Gasteiger partial charge in [0.05, 0.1) is 19.5 Å². The Morgan fingerprint density at radius 2 is 1.80 bits per heavy atom. The lowest BCUT2D eigenvalue weighted by atomic mass is 10.1. The molecule has 25 heavy (non-hydrogen) atoms. The third-order valence-corrected chi connectivity index (χ3v) is 4.02. The van der Waals surface area contributed by atoms with Crippen molar-refractivity contribution in [2.75, 3.05) is 6.61 Å². The van der Waals surface area contributed by atoms with Gasteiger partial charge >= 0.3 is 5.69 Å². The minimum Gasteiger partial charge on any atom is -0.494 e. The van der Waals surface area contributed by atoms with Gasteiger partial charge in [0.25, 0.3) is 5.56 Å². The van der Waals surface area contributed by atoms with Gasteiger partial charge in [0.15, 0.2) is 16.9 Å². The van der Waals surface area contributed by atoms with Crippen molar-refractivity contribution in [2.24, 2.45) is 14.1 Å². The number of hydrogen-bond acceptors (Lipinski definition) is 5. The quantitative estimate of drug-likeness (QED) is 0.638. The van der Waals surface area contributed by atoms with E-state index < -0.39 is 11.2 Å². The molecule has 3 aromatic rings. The van der Waals surface area contributed by atoms with Crippen molar-refractivity contribution in [3.8, 4) is 5.75 Å². The molecule has 0 aliphatic carbocycles. The van der Waals surface area contributed by atoms with Gasteiger partial charge in [0.1, 0.15) is 5.75 Å². The third kappa shape index (κ3) is 2.86. The highest BCUT2D eigenvalue weighted by Gasteiger charge is 2.16. The second-order valence-corrected chi connectivity index (χ2v) is 5.63. The second-order valence-electron chi connectivity index (χ2n) is 5.63. The maximum absolute atomic E-state index is 12.5. The van der Waals surface area contributed by atoms with Crippen LogP contribution in [0, 0.1) is 0 Å². The molecule has 0 bridgehead atoms. The zero-order chi connectivity index (χ0) is 18.1. The fourth-order valence-corrected chi connectivity index (χ4v) is 2.67. The molecule has 2 heterocycles. The lowest BCUT2D eigenvalue weighted by Crippen LogP contribution is -2.37. The summed E-state index contributed by atoms with van der Waals surface area (Å²) in [6, 6.07) is 6.82. The van der Waals surface area contributed by atoms with Crippen molar-refractivity contribution in [1.82, 2.24) is 18.7 Å². The third-order valence-electron chi connectivity index (χ3n) is 4.02. The molecule has 1 aromatic carbocycles. The van der Waals surface area contributed by atoms with Crippen molar-refractivity contribution in [3.63, 3.8) is 0 Å². The number of aromatic nitrogens is 4. The second kappa shape index (κ2) is 6.39.